The lowest BCUT2D eigenvalue weighted by Gasteiger charge is -2.22. The maximum atomic E-state index is 11.1. The predicted octanol–water partition coefficient (Wildman–Crippen LogP) is 3.63. The van der Waals surface area contributed by atoms with Crippen molar-refractivity contribution in [2.24, 2.45) is 0 Å². The highest BCUT2D eigenvalue weighted by atomic mass is 32.2. The Bertz CT molecular complexity index is 1110. The van der Waals surface area contributed by atoms with Crippen molar-refractivity contribution in [2.45, 2.75) is 18.3 Å². The molecule has 0 bridgehead atoms. The van der Waals surface area contributed by atoms with Gasteiger partial charge in [-0.1, -0.05) is 43.0 Å². The lowest BCUT2D eigenvalue weighted by Crippen LogP contribution is -2.20. The molecule has 2 aromatic carbocycles. The second-order valence-electron chi connectivity index (χ2n) is 6.43. The summed E-state index contributed by atoms with van der Waals surface area (Å²) in [6.45, 7) is 1.48. The highest BCUT2D eigenvalue weighted by molar-refractivity contribution is 7.99. The largest absolute Gasteiger partial charge is 0.493 e. The summed E-state index contributed by atoms with van der Waals surface area (Å²) in [6.07, 6.45) is -0.738. The van der Waals surface area contributed by atoms with Gasteiger partial charge in [-0.15, -0.1) is 10.2 Å². The zero-order chi connectivity index (χ0) is 21.8. The van der Waals surface area contributed by atoms with Crippen molar-refractivity contribution in [3.8, 4) is 28.6 Å². The lowest BCUT2D eigenvalue weighted by atomic mass is 10.1. The molecule has 1 unspecified atom stereocenters. The van der Waals surface area contributed by atoms with Crippen molar-refractivity contribution >= 4 is 23.4 Å². The van der Waals surface area contributed by atoms with Gasteiger partial charge >= 0.3 is 5.97 Å². The van der Waals surface area contributed by atoms with Gasteiger partial charge in [0.15, 0.2) is 23.8 Å². The first kappa shape index (κ1) is 20.7. The fraction of sp³-hybridized carbons (Fsp3) is 0.238. The van der Waals surface area contributed by atoms with Crippen LogP contribution in [0.1, 0.15) is 18.7 Å². The summed E-state index contributed by atoms with van der Waals surface area (Å²) in [6, 6.07) is 12.8. The molecule has 0 spiro atoms. The van der Waals surface area contributed by atoms with Crippen LogP contribution < -0.4 is 19.5 Å². The third-order valence-electron chi connectivity index (χ3n) is 4.46. The molecule has 1 aliphatic heterocycles. The van der Waals surface area contributed by atoms with E-state index in [4.69, 9.17) is 19.3 Å². The molecule has 1 aliphatic rings. The molecule has 0 fully saturated rings. The number of methoxy groups -OCH3 is 1. The van der Waals surface area contributed by atoms with Crippen LogP contribution in [-0.2, 0) is 4.79 Å². The highest BCUT2D eigenvalue weighted by Crippen LogP contribution is 2.43. The second kappa shape index (κ2) is 9.09. The zero-order valence-electron chi connectivity index (χ0n) is 16.9. The summed E-state index contributed by atoms with van der Waals surface area (Å²) in [7, 11) is 1.49. The van der Waals surface area contributed by atoms with Crippen LogP contribution in [0, 0.1) is 0 Å². The fourth-order valence-corrected chi connectivity index (χ4v) is 3.67. The first-order valence-corrected chi connectivity index (χ1v) is 10.5. The Morgan fingerprint density at radius 2 is 2.06 bits per heavy atom. The standard InChI is InChI=1S/C21H20N4O5S/c1-3-31-21-23-20-17(24-25-21)12-7-4-5-9-14(12)22-19(30-20)13-8-6-10-15(28-2)18(13)29-11-16(26)27/h4-10,19,22H,3,11H2,1-2H3,(H,26,27). The number of fused-ring (bicyclic) bond motifs is 3. The van der Waals surface area contributed by atoms with Gasteiger partial charge in [0.2, 0.25) is 17.3 Å². The van der Waals surface area contributed by atoms with Crippen LogP contribution in [0.5, 0.6) is 17.4 Å². The Balaban J connectivity index is 1.82. The SMILES string of the molecule is CCSc1nnc2c(n1)OC(c1cccc(OC)c1OCC(=O)O)Nc1ccccc1-2. The molecule has 10 heteroatoms. The summed E-state index contributed by atoms with van der Waals surface area (Å²) in [5, 5.41) is 21.5. The molecule has 0 amide bonds. The van der Waals surface area contributed by atoms with Gasteiger partial charge < -0.3 is 24.6 Å². The van der Waals surface area contributed by atoms with Gasteiger partial charge in [-0.25, -0.2) is 4.79 Å². The Morgan fingerprint density at radius 3 is 2.84 bits per heavy atom. The van der Waals surface area contributed by atoms with Gasteiger partial charge in [-0.3, -0.25) is 0 Å². The van der Waals surface area contributed by atoms with E-state index in [1.54, 1.807) is 18.2 Å². The van der Waals surface area contributed by atoms with Gasteiger partial charge in [-0.05, 0) is 24.0 Å². The molecule has 0 aliphatic carbocycles. The number of carbonyl (C=O) groups is 1. The first-order chi connectivity index (χ1) is 15.1. The Hall–Kier alpha value is -3.53. The Kier molecular flexibility index (Phi) is 6.08. The van der Waals surface area contributed by atoms with Gasteiger partial charge in [0.25, 0.3) is 0 Å². The number of hydrogen-bond donors (Lipinski definition) is 2. The fourth-order valence-electron chi connectivity index (χ4n) is 3.17. The number of aliphatic carboxylic acids is 1. The normalized spacial score (nSPS) is 14.3. The summed E-state index contributed by atoms with van der Waals surface area (Å²) in [5.74, 6) is 0.684. The predicted molar refractivity (Wildman–Crippen MR) is 115 cm³/mol. The number of benzene rings is 2. The Morgan fingerprint density at radius 1 is 1.23 bits per heavy atom. The number of thioether (sulfide) groups is 1. The van der Waals surface area contributed by atoms with Crippen molar-refractivity contribution in [1.29, 1.82) is 0 Å². The van der Waals surface area contributed by atoms with Gasteiger partial charge in [-0.2, -0.15) is 4.98 Å². The average Bonchev–Trinajstić information content (AvgIpc) is 2.94. The van der Waals surface area contributed by atoms with E-state index in [2.05, 4.69) is 20.5 Å². The van der Waals surface area contributed by atoms with Crippen LogP contribution in [0.3, 0.4) is 0 Å². The number of hydrogen-bond acceptors (Lipinski definition) is 9. The lowest BCUT2D eigenvalue weighted by molar-refractivity contribution is -0.139. The molecule has 160 valence electrons. The van der Waals surface area contributed by atoms with Gasteiger partial charge in [0.1, 0.15) is 0 Å². The van der Waals surface area contributed by atoms with E-state index in [9.17, 15) is 4.79 Å². The number of anilines is 1. The van der Waals surface area contributed by atoms with Gasteiger partial charge in [0.05, 0.1) is 12.7 Å². The molecule has 4 rings (SSSR count). The van der Waals surface area contributed by atoms with Crippen LogP contribution in [0.25, 0.3) is 11.3 Å². The minimum Gasteiger partial charge on any atom is -0.493 e. The maximum absolute atomic E-state index is 11.1. The molecule has 1 atom stereocenters. The second-order valence-corrected chi connectivity index (χ2v) is 7.66. The highest BCUT2D eigenvalue weighted by Gasteiger charge is 2.29. The smallest absolute Gasteiger partial charge is 0.341 e. The minimum atomic E-state index is -1.10. The minimum absolute atomic E-state index is 0.274. The topological polar surface area (TPSA) is 116 Å². The van der Waals surface area contributed by atoms with E-state index in [0.29, 0.717) is 28.0 Å². The molecule has 0 radical (unpaired) electrons. The van der Waals surface area contributed by atoms with Crippen molar-refractivity contribution in [3.63, 3.8) is 0 Å². The molecule has 1 aromatic heterocycles. The van der Waals surface area contributed by atoms with Gasteiger partial charge in [0, 0.05) is 11.3 Å². The third-order valence-corrected chi connectivity index (χ3v) is 5.18. The zero-order valence-corrected chi connectivity index (χ0v) is 17.7. The Labute approximate surface area is 182 Å². The molecular formula is C21H20N4O5S. The number of aromatic nitrogens is 3. The van der Waals surface area contributed by atoms with E-state index in [0.717, 1.165) is 17.0 Å². The molecular weight excluding hydrogens is 420 g/mol. The number of nitrogens with one attached hydrogen (secondary N) is 1. The van der Waals surface area contributed by atoms with Crippen LogP contribution in [0.15, 0.2) is 47.6 Å². The van der Waals surface area contributed by atoms with E-state index >= 15 is 0 Å². The molecule has 2 N–H and O–H groups in total. The maximum Gasteiger partial charge on any atom is 0.341 e. The number of para-hydroxylation sites is 2. The average molecular weight is 440 g/mol. The number of rotatable bonds is 7. The summed E-state index contributed by atoms with van der Waals surface area (Å²) < 4.78 is 17.2. The molecule has 2 heterocycles. The molecule has 31 heavy (non-hydrogen) atoms. The van der Waals surface area contributed by atoms with E-state index in [1.165, 1.54) is 18.9 Å². The van der Waals surface area contributed by atoms with Crippen LogP contribution in [0.4, 0.5) is 5.69 Å². The van der Waals surface area contributed by atoms with E-state index in [1.807, 2.05) is 31.2 Å². The summed E-state index contributed by atoms with van der Waals surface area (Å²) in [5.41, 5.74) is 2.64. The van der Waals surface area contributed by atoms with Crippen LogP contribution >= 0.6 is 11.8 Å². The quantitative estimate of drug-likeness (QED) is 0.528. The third kappa shape index (κ3) is 4.33. The van der Waals surface area contributed by atoms with Crippen LogP contribution in [0.2, 0.25) is 0 Å². The number of nitrogens with zero attached hydrogens (tertiary/aromatic N) is 3. The van der Waals surface area contributed by atoms with Crippen molar-refractivity contribution < 1.29 is 24.1 Å². The van der Waals surface area contributed by atoms with E-state index in [-0.39, 0.29) is 5.75 Å². The molecule has 0 saturated carbocycles. The van der Waals surface area contributed by atoms with Crippen molar-refractivity contribution in [1.82, 2.24) is 15.2 Å². The summed E-state index contributed by atoms with van der Waals surface area (Å²) >= 11 is 1.46. The number of ether oxygens (including phenoxy) is 3. The van der Waals surface area contributed by atoms with Crippen molar-refractivity contribution in [3.05, 3.63) is 48.0 Å². The van der Waals surface area contributed by atoms with E-state index < -0.39 is 18.8 Å². The van der Waals surface area contributed by atoms with Crippen LogP contribution in [-0.4, -0.2) is 45.7 Å². The molecule has 0 saturated heterocycles. The summed E-state index contributed by atoms with van der Waals surface area (Å²) in [4.78, 5) is 15.6. The number of carboxylic acid groups (broad SMARTS) is 1. The first-order valence-electron chi connectivity index (χ1n) is 9.52. The number of carboxylic acids is 1. The monoisotopic (exact) mass is 440 g/mol. The van der Waals surface area contributed by atoms with Crippen molar-refractivity contribution in [2.75, 3.05) is 24.8 Å². The molecule has 9 nitrogen and oxygen atoms in total. The molecule has 3 aromatic rings.